The second-order valence-corrected chi connectivity index (χ2v) is 5.57. The van der Waals surface area contributed by atoms with Crippen LogP contribution in [0.1, 0.15) is 48.2 Å². The molecule has 0 amide bonds. The van der Waals surface area contributed by atoms with E-state index < -0.39 is 0 Å². The summed E-state index contributed by atoms with van der Waals surface area (Å²) in [7, 11) is 0. The minimum Gasteiger partial charge on any atom is -0.246 e. The Kier molecular flexibility index (Phi) is 2.41. The van der Waals surface area contributed by atoms with Crippen molar-refractivity contribution in [2.45, 2.75) is 46.0 Å². The molecule has 0 spiro atoms. The second kappa shape index (κ2) is 3.41. The summed E-state index contributed by atoms with van der Waals surface area (Å²) in [6.07, 6.45) is 3.97. The Balaban J connectivity index is 2.36. The fourth-order valence-corrected chi connectivity index (χ4v) is 3.27. The minimum absolute atomic E-state index is 0.730. The van der Waals surface area contributed by atoms with Crippen LogP contribution in [0.4, 0.5) is 0 Å². The van der Waals surface area contributed by atoms with Crippen molar-refractivity contribution >= 4 is 11.3 Å². The average molecular weight is 195 g/mol. The Hall–Kier alpha value is -0.370. The van der Waals surface area contributed by atoms with Crippen molar-refractivity contribution in [2.24, 2.45) is 5.92 Å². The van der Waals surface area contributed by atoms with Gasteiger partial charge in [0, 0.05) is 10.8 Å². The van der Waals surface area contributed by atoms with Gasteiger partial charge in [0.05, 0.1) is 10.7 Å². The number of rotatable bonds is 1. The van der Waals surface area contributed by atoms with Gasteiger partial charge in [-0.15, -0.1) is 11.3 Å². The first-order valence-electron chi connectivity index (χ1n) is 5.14. The van der Waals surface area contributed by atoms with E-state index in [4.69, 9.17) is 0 Å². The van der Waals surface area contributed by atoms with E-state index in [1.54, 1.807) is 4.88 Å². The zero-order valence-electron chi connectivity index (χ0n) is 8.63. The lowest BCUT2D eigenvalue weighted by atomic mass is 9.83. The van der Waals surface area contributed by atoms with E-state index in [-0.39, 0.29) is 0 Å². The summed E-state index contributed by atoms with van der Waals surface area (Å²) in [6, 6.07) is 0. The molecule has 1 aromatic rings. The normalized spacial score (nSPS) is 22.0. The van der Waals surface area contributed by atoms with Crippen LogP contribution in [-0.2, 0) is 6.42 Å². The quantitative estimate of drug-likeness (QED) is 0.668. The Morgan fingerprint density at radius 1 is 1.46 bits per heavy atom. The van der Waals surface area contributed by atoms with Gasteiger partial charge in [-0.05, 0) is 32.1 Å². The van der Waals surface area contributed by atoms with E-state index >= 15 is 0 Å². The third-order valence-electron chi connectivity index (χ3n) is 2.91. The first kappa shape index (κ1) is 9.20. The maximum Gasteiger partial charge on any atom is 0.0900 e. The van der Waals surface area contributed by atoms with Crippen LogP contribution in [0, 0.1) is 12.8 Å². The molecule has 1 aliphatic carbocycles. The molecule has 0 N–H and O–H groups in total. The number of aryl methyl sites for hydroxylation is 2. The predicted molar refractivity (Wildman–Crippen MR) is 57.4 cm³/mol. The van der Waals surface area contributed by atoms with Crippen LogP contribution in [0.25, 0.3) is 0 Å². The number of fused-ring (bicyclic) bond motifs is 1. The van der Waals surface area contributed by atoms with Gasteiger partial charge in [-0.25, -0.2) is 4.98 Å². The van der Waals surface area contributed by atoms with Crippen molar-refractivity contribution < 1.29 is 0 Å². The topological polar surface area (TPSA) is 12.9 Å². The molecule has 2 rings (SSSR count). The SMILES string of the molecule is Cc1nc2c(s1)CCC[C@@H]2C(C)C. The Bertz CT molecular complexity index is 301. The minimum atomic E-state index is 0.730. The maximum atomic E-state index is 4.67. The lowest BCUT2D eigenvalue weighted by Gasteiger charge is -2.24. The Labute approximate surface area is 84.2 Å². The van der Waals surface area contributed by atoms with Crippen molar-refractivity contribution in [2.75, 3.05) is 0 Å². The molecule has 1 aromatic heterocycles. The molecule has 1 heterocycles. The van der Waals surface area contributed by atoms with Crippen LogP contribution in [0.5, 0.6) is 0 Å². The highest BCUT2D eigenvalue weighted by Gasteiger charge is 2.25. The van der Waals surface area contributed by atoms with Crippen LogP contribution >= 0.6 is 11.3 Å². The Morgan fingerprint density at radius 2 is 2.23 bits per heavy atom. The molecule has 1 atom stereocenters. The lowest BCUT2D eigenvalue weighted by molar-refractivity contribution is 0.427. The molecule has 0 saturated heterocycles. The lowest BCUT2D eigenvalue weighted by Crippen LogP contribution is -2.13. The van der Waals surface area contributed by atoms with Crippen molar-refractivity contribution in [3.05, 3.63) is 15.6 Å². The number of thiazole rings is 1. The van der Waals surface area contributed by atoms with Crippen molar-refractivity contribution in [3.63, 3.8) is 0 Å². The van der Waals surface area contributed by atoms with E-state index in [1.807, 2.05) is 11.3 Å². The molecule has 0 radical (unpaired) electrons. The average Bonchev–Trinajstić information content (AvgIpc) is 2.43. The van der Waals surface area contributed by atoms with Crippen molar-refractivity contribution in [1.82, 2.24) is 4.98 Å². The van der Waals surface area contributed by atoms with E-state index in [0.29, 0.717) is 0 Å². The molecule has 0 aromatic carbocycles. The highest BCUT2D eigenvalue weighted by atomic mass is 32.1. The number of hydrogen-bond donors (Lipinski definition) is 0. The molecule has 2 heteroatoms. The molecule has 0 unspecified atom stereocenters. The van der Waals surface area contributed by atoms with Gasteiger partial charge in [-0.2, -0.15) is 0 Å². The standard InChI is InChI=1S/C11H17NS/c1-7(2)9-5-4-6-10-11(9)12-8(3)13-10/h7,9H,4-6H2,1-3H3/t9-/m1/s1. The van der Waals surface area contributed by atoms with Gasteiger partial charge in [0.1, 0.15) is 0 Å². The highest BCUT2D eigenvalue weighted by Crippen LogP contribution is 2.38. The van der Waals surface area contributed by atoms with Gasteiger partial charge in [0.2, 0.25) is 0 Å². The fourth-order valence-electron chi connectivity index (χ4n) is 2.22. The van der Waals surface area contributed by atoms with Crippen LogP contribution in [0.3, 0.4) is 0 Å². The van der Waals surface area contributed by atoms with Crippen LogP contribution in [0.2, 0.25) is 0 Å². The molecular formula is C11H17NS. The molecule has 1 aliphatic rings. The van der Waals surface area contributed by atoms with E-state index in [1.165, 1.54) is 30.0 Å². The highest BCUT2D eigenvalue weighted by molar-refractivity contribution is 7.11. The van der Waals surface area contributed by atoms with Gasteiger partial charge >= 0.3 is 0 Å². The maximum absolute atomic E-state index is 4.67. The molecule has 0 saturated carbocycles. The van der Waals surface area contributed by atoms with Gasteiger partial charge in [0.25, 0.3) is 0 Å². The summed E-state index contributed by atoms with van der Waals surface area (Å²) in [5.41, 5.74) is 1.42. The zero-order valence-corrected chi connectivity index (χ0v) is 9.45. The smallest absolute Gasteiger partial charge is 0.0900 e. The third-order valence-corrected chi connectivity index (χ3v) is 3.96. The fraction of sp³-hybridized carbons (Fsp3) is 0.727. The van der Waals surface area contributed by atoms with Crippen molar-refractivity contribution in [1.29, 1.82) is 0 Å². The van der Waals surface area contributed by atoms with Crippen LogP contribution < -0.4 is 0 Å². The summed E-state index contributed by atoms with van der Waals surface area (Å²) in [4.78, 5) is 6.23. The number of nitrogens with zero attached hydrogens (tertiary/aromatic N) is 1. The summed E-state index contributed by atoms with van der Waals surface area (Å²) >= 11 is 1.90. The molecule has 72 valence electrons. The summed E-state index contributed by atoms with van der Waals surface area (Å²) < 4.78 is 0. The molecule has 0 aliphatic heterocycles. The third kappa shape index (κ3) is 1.64. The van der Waals surface area contributed by atoms with Crippen molar-refractivity contribution in [3.8, 4) is 0 Å². The summed E-state index contributed by atoms with van der Waals surface area (Å²) in [5, 5.41) is 1.25. The molecular weight excluding hydrogens is 178 g/mol. The van der Waals surface area contributed by atoms with E-state index in [0.717, 1.165) is 11.8 Å². The zero-order chi connectivity index (χ0) is 9.42. The second-order valence-electron chi connectivity index (χ2n) is 4.28. The monoisotopic (exact) mass is 195 g/mol. The largest absolute Gasteiger partial charge is 0.246 e. The predicted octanol–water partition coefficient (Wildman–Crippen LogP) is 3.53. The summed E-state index contributed by atoms with van der Waals surface area (Å²) in [5.74, 6) is 1.48. The van der Waals surface area contributed by atoms with Gasteiger partial charge in [-0.3, -0.25) is 0 Å². The molecule has 1 nitrogen and oxygen atoms in total. The Morgan fingerprint density at radius 3 is 2.92 bits per heavy atom. The number of aromatic nitrogens is 1. The van der Waals surface area contributed by atoms with Crippen LogP contribution in [-0.4, -0.2) is 4.98 Å². The first-order chi connectivity index (χ1) is 6.18. The van der Waals surface area contributed by atoms with E-state index in [2.05, 4.69) is 25.8 Å². The van der Waals surface area contributed by atoms with Gasteiger partial charge in [0.15, 0.2) is 0 Å². The molecule has 0 fully saturated rings. The molecule has 0 bridgehead atoms. The van der Waals surface area contributed by atoms with Gasteiger partial charge in [-0.1, -0.05) is 13.8 Å². The van der Waals surface area contributed by atoms with Crippen LogP contribution in [0.15, 0.2) is 0 Å². The van der Waals surface area contributed by atoms with Gasteiger partial charge < -0.3 is 0 Å². The first-order valence-corrected chi connectivity index (χ1v) is 5.96. The molecule has 13 heavy (non-hydrogen) atoms. The number of hydrogen-bond acceptors (Lipinski definition) is 2. The summed E-state index contributed by atoms with van der Waals surface area (Å²) in [6.45, 7) is 6.75. The van der Waals surface area contributed by atoms with E-state index in [9.17, 15) is 0 Å².